The Kier molecular flexibility index (Phi) is 4.88. The second kappa shape index (κ2) is 7.26. The van der Waals surface area contributed by atoms with Crippen LogP contribution >= 0.6 is 0 Å². The van der Waals surface area contributed by atoms with Gasteiger partial charge in [-0.3, -0.25) is 9.69 Å². The van der Waals surface area contributed by atoms with Gasteiger partial charge < -0.3 is 9.73 Å². The molecule has 0 radical (unpaired) electrons. The van der Waals surface area contributed by atoms with Crippen LogP contribution in [0.25, 0.3) is 0 Å². The summed E-state index contributed by atoms with van der Waals surface area (Å²) < 4.78 is 5.45. The fourth-order valence-corrected chi connectivity index (χ4v) is 4.39. The Morgan fingerprint density at radius 3 is 2.62 bits per heavy atom. The average Bonchev–Trinajstić information content (AvgIpc) is 3.38. The van der Waals surface area contributed by atoms with Gasteiger partial charge in [0.25, 0.3) is 5.91 Å². The lowest BCUT2D eigenvalue weighted by Crippen LogP contribution is -2.51. The molecule has 1 unspecified atom stereocenters. The van der Waals surface area contributed by atoms with Crippen molar-refractivity contribution in [3.8, 4) is 0 Å². The zero-order valence-electron chi connectivity index (χ0n) is 14.5. The first-order chi connectivity index (χ1) is 11.8. The third-order valence-electron chi connectivity index (χ3n) is 5.89. The van der Waals surface area contributed by atoms with E-state index in [0.717, 1.165) is 37.6 Å². The molecule has 1 N–H and O–H groups in total. The van der Waals surface area contributed by atoms with Gasteiger partial charge in [-0.15, -0.1) is 0 Å². The standard InChI is InChI=1S/C19H29N3O2/c23-19(17-18(14-9-10-14)24-13-20-17)21-15-6-5-11-22(12-15)16-7-3-1-2-4-8-16/h13-16H,1-12H2,(H,21,23). The molecule has 1 saturated heterocycles. The van der Waals surface area contributed by atoms with E-state index in [1.165, 1.54) is 57.9 Å². The van der Waals surface area contributed by atoms with Gasteiger partial charge in [0.1, 0.15) is 5.76 Å². The summed E-state index contributed by atoms with van der Waals surface area (Å²) in [4.78, 5) is 19.4. The van der Waals surface area contributed by atoms with Crippen molar-refractivity contribution in [2.24, 2.45) is 0 Å². The van der Waals surface area contributed by atoms with Gasteiger partial charge >= 0.3 is 0 Å². The number of carbonyl (C=O) groups excluding carboxylic acids is 1. The molecule has 2 aliphatic carbocycles. The van der Waals surface area contributed by atoms with E-state index in [1.807, 2.05) is 0 Å². The average molecular weight is 331 g/mol. The number of piperidine rings is 1. The lowest BCUT2D eigenvalue weighted by Gasteiger charge is -2.38. The first-order valence-electron chi connectivity index (χ1n) is 9.79. The van der Waals surface area contributed by atoms with Crippen molar-refractivity contribution in [1.29, 1.82) is 0 Å². The van der Waals surface area contributed by atoms with Crippen LogP contribution in [-0.2, 0) is 0 Å². The molecule has 0 aromatic carbocycles. The largest absolute Gasteiger partial charge is 0.447 e. The van der Waals surface area contributed by atoms with E-state index in [0.29, 0.717) is 11.6 Å². The molecule has 5 heteroatoms. The van der Waals surface area contributed by atoms with Gasteiger partial charge in [0, 0.05) is 24.5 Å². The number of amides is 1. The zero-order chi connectivity index (χ0) is 16.4. The van der Waals surface area contributed by atoms with Crippen LogP contribution in [0.3, 0.4) is 0 Å². The van der Waals surface area contributed by atoms with Crippen molar-refractivity contribution in [3.63, 3.8) is 0 Å². The summed E-state index contributed by atoms with van der Waals surface area (Å²) in [6.45, 7) is 2.18. The fourth-order valence-electron chi connectivity index (χ4n) is 4.39. The number of nitrogens with one attached hydrogen (secondary N) is 1. The minimum atomic E-state index is -0.0432. The highest BCUT2D eigenvalue weighted by atomic mass is 16.3. The molecule has 1 amide bonds. The van der Waals surface area contributed by atoms with Crippen molar-refractivity contribution in [2.45, 2.75) is 82.2 Å². The summed E-state index contributed by atoms with van der Waals surface area (Å²) >= 11 is 0. The van der Waals surface area contributed by atoms with E-state index < -0.39 is 0 Å². The molecule has 2 saturated carbocycles. The molecule has 1 atom stereocenters. The van der Waals surface area contributed by atoms with Crippen molar-refractivity contribution in [2.75, 3.05) is 13.1 Å². The molecule has 1 aromatic heterocycles. The molecule has 3 aliphatic rings. The molecule has 2 heterocycles. The van der Waals surface area contributed by atoms with E-state index in [2.05, 4.69) is 15.2 Å². The zero-order valence-corrected chi connectivity index (χ0v) is 14.5. The number of hydrogen-bond acceptors (Lipinski definition) is 4. The van der Waals surface area contributed by atoms with Gasteiger partial charge in [-0.2, -0.15) is 0 Å². The van der Waals surface area contributed by atoms with Gasteiger partial charge in [0.2, 0.25) is 0 Å². The van der Waals surface area contributed by atoms with Crippen molar-refractivity contribution >= 4 is 5.91 Å². The maximum atomic E-state index is 12.6. The number of carbonyl (C=O) groups is 1. The molecular formula is C19H29N3O2. The number of hydrogen-bond donors (Lipinski definition) is 1. The lowest BCUT2D eigenvalue weighted by atomic mass is 9.99. The highest BCUT2D eigenvalue weighted by molar-refractivity contribution is 5.93. The lowest BCUT2D eigenvalue weighted by molar-refractivity contribution is 0.0854. The normalized spacial score (nSPS) is 26.9. The van der Waals surface area contributed by atoms with Crippen LogP contribution in [0.1, 0.15) is 86.4 Å². The van der Waals surface area contributed by atoms with Crippen LogP contribution in [0.2, 0.25) is 0 Å². The monoisotopic (exact) mass is 331 g/mol. The molecule has 24 heavy (non-hydrogen) atoms. The number of aromatic nitrogens is 1. The fraction of sp³-hybridized carbons (Fsp3) is 0.789. The summed E-state index contributed by atoms with van der Waals surface area (Å²) in [7, 11) is 0. The number of rotatable bonds is 4. The van der Waals surface area contributed by atoms with E-state index in [4.69, 9.17) is 4.42 Å². The smallest absolute Gasteiger partial charge is 0.273 e. The predicted octanol–water partition coefficient (Wildman–Crippen LogP) is 3.47. The maximum absolute atomic E-state index is 12.6. The SMILES string of the molecule is O=C(NC1CCCN(C2CCCCCC2)C1)c1ncoc1C1CC1. The Bertz CT molecular complexity index is 559. The summed E-state index contributed by atoms with van der Waals surface area (Å²) in [5.74, 6) is 1.17. The molecule has 3 fully saturated rings. The molecule has 132 valence electrons. The van der Waals surface area contributed by atoms with Crippen LogP contribution in [0.5, 0.6) is 0 Å². The number of oxazole rings is 1. The van der Waals surface area contributed by atoms with Crippen LogP contribution < -0.4 is 5.32 Å². The maximum Gasteiger partial charge on any atom is 0.273 e. The summed E-state index contributed by atoms with van der Waals surface area (Å²) in [6.07, 6.45) is 14.1. The molecule has 0 bridgehead atoms. The van der Waals surface area contributed by atoms with Gasteiger partial charge in [-0.25, -0.2) is 4.98 Å². The Labute approximate surface area is 144 Å². The van der Waals surface area contributed by atoms with Crippen molar-refractivity contribution < 1.29 is 9.21 Å². The summed E-state index contributed by atoms with van der Waals surface area (Å²) in [5, 5.41) is 3.23. The number of likely N-dealkylation sites (tertiary alicyclic amines) is 1. The number of nitrogens with zero attached hydrogens (tertiary/aromatic N) is 2. The highest BCUT2D eigenvalue weighted by Gasteiger charge is 2.34. The molecule has 5 nitrogen and oxygen atoms in total. The Hall–Kier alpha value is -1.36. The van der Waals surface area contributed by atoms with Crippen LogP contribution in [0.4, 0.5) is 0 Å². The van der Waals surface area contributed by atoms with Crippen LogP contribution in [-0.4, -0.2) is 41.0 Å². The molecule has 1 aliphatic heterocycles. The van der Waals surface area contributed by atoms with E-state index in [9.17, 15) is 4.79 Å². The Morgan fingerprint density at radius 2 is 1.88 bits per heavy atom. The van der Waals surface area contributed by atoms with Gasteiger partial charge in [-0.05, 0) is 45.1 Å². The van der Waals surface area contributed by atoms with E-state index >= 15 is 0 Å². The van der Waals surface area contributed by atoms with Gasteiger partial charge in [0.15, 0.2) is 12.1 Å². The van der Waals surface area contributed by atoms with E-state index in [1.54, 1.807) is 0 Å². The van der Waals surface area contributed by atoms with Crippen LogP contribution in [0.15, 0.2) is 10.8 Å². The molecule has 0 spiro atoms. The predicted molar refractivity (Wildman–Crippen MR) is 92.0 cm³/mol. The Balaban J connectivity index is 1.35. The first-order valence-corrected chi connectivity index (χ1v) is 9.79. The highest BCUT2D eigenvalue weighted by Crippen LogP contribution is 2.41. The summed E-state index contributed by atoms with van der Waals surface area (Å²) in [5.41, 5.74) is 0.518. The third-order valence-corrected chi connectivity index (χ3v) is 5.89. The second-order valence-corrected chi connectivity index (χ2v) is 7.79. The van der Waals surface area contributed by atoms with Crippen molar-refractivity contribution in [3.05, 3.63) is 17.8 Å². The Morgan fingerprint density at radius 1 is 1.08 bits per heavy atom. The quantitative estimate of drug-likeness (QED) is 0.858. The topological polar surface area (TPSA) is 58.4 Å². The third kappa shape index (κ3) is 3.66. The minimum Gasteiger partial charge on any atom is -0.447 e. The molecule has 1 aromatic rings. The first kappa shape index (κ1) is 16.1. The van der Waals surface area contributed by atoms with Gasteiger partial charge in [-0.1, -0.05) is 25.7 Å². The van der Waals surface area contributed by atoms with Crippen LogP contribution in [0, 0.1) is 0 Å². The van der Waals surface area contributed by atoms with Gasteiger partial charge in [0.05, 0.1) is 0 Å². The minimum absolute atomic E-state index is 0.0432. The molecular weight excluding hydrogens is 302 g/mol. The van der Waals surface area contributed by atoms with E-state index in [-0.39, 0.29) is 11.9 Å². The van der Waals surface area contributed by atoms with Crippen molar-refractivity contribution in [1.82, 2.24) is 15.2 Å². The second-order valence-electron chi connectivity index (χ2n) is 7.79. The summed E-state index contributed by atoms with van der Waals surface area (Å²) in [6, 6.07) is 0.972. The molecule has 4 rings (SSSR count).